The number of benzene rings is 2. The van der Waals surface area contributed by atoms with Crippen molar-refractivity contribution in [2.24, 2.45) is 0 Å². The second-order valence-electron chi connectivity index (χ2n) is 4.72. The van der Waals surface area contributed by atoms with Crippen molar-refractivity contribution in [2.45, 2.75) is 20.0 Å². The van der Waals surface area contributed by atoms with Crippen LogP contribution in [0.5, 0.6) is 11.5 Å². The molecular weight excluding hydrogens is 250 g/mol. The summed E-state index contributed by atoms with van der Waals surface area (Å²) in [6.07, 6.45) is 0.150. The Morgan fingerprint density at radius 1 is 1.05 bits per heavy atom. The molecule has 0 aromatic heterocycles. The molecule has 0 aliphatic heterocycles. The molecule has 20 heavy (non-hydrogen) atoms. The molecule has 0 spiro atoms. The van der Waals surface area contributed by atoms with Gasteiger partial charge in [0.25, 0.3) is 0 Å². The fourth-order valence-corrected chi connectivity index (χ4v) is 1.99. The van der Waals surface area contributed by atoms with Crippen LogP contribution in [0.2, 0.25) is 0 Å². The first-order valence-electron chi connectivity index (χ1n) is 6.49. The first-order chi connectivity index (χ1) is 9.63. The van der Waals surface area contributed by atoms with Crippen LogP contribution in [0.1, 0.15) is 19.4 Å². The predicted octanol–water partition coefficient (Wildman–Crippen LogP) is 4.02. The van der Waals surface area contributed by atoms with Crippen molar-refractivity contribution in [3.05, 3.63) is 48.0 Å². The molecule has 0 heterocycles. The average molecular weight is 267 g/mol. The molecule has 0 amide bonds. The van der Waals surface area contributed by atoms with E-state index < -0.39 is 0 Å². The standard InChI is InChI=1S/C17H17NO2/c1-12(2)20-15-7-5-14(6-8-15)16-10-13(11-18)4-9-17(16)19-3/h4-10,12H,1-3H3. The summed E-state index contributed by atoms with van der Waals surface area (Å²) >= 11 is 0. The van der Waals surface area contributed by atoms with Gasteiger partial charge in [-0.3, -0.25) is 0 Å². The van der Waals surface area contributed by atoms with Crippen LogP contribution in [0.25, 0.3) is 11.1 Å². The van der Waals surface area contributed by atoms with Crippen molar-refractivity contribution in [2.75, 3.05) is 7.11 Å². The van der Waals surface area contributed by atoms with Gasteiger partial charge in [0.05, 0.1) is 24.8 Å². The Morgan fingerprint density at radius 2 is 1.75 bits per heavy atom. The van der Waals surface area contributed by atoms with Gasteiger partial charge in [-0.05, 0) is 49.7 Å². The second kappa shape index (κ2) is 6.12. The topological polar surface area (TPSA) is 42.2 Å². The highest BCUT2D eigenvalue weighted by Crippen LogP contribution is 2.32. The smallest absolute Gasteiger partial charge is 0.126 e. The molecule has 0 saturated heterocycles. The number of hydrogen-bond donors (Lipinski definition) is 0. The van der Waals surface area contributed by atoms with Crippen molar-refractivity contribution >= 4 is 0 Å². The number of hydrogen-bond acceptors (Lipinski definition) is 3. The van der Waals surface area contributed by atoms with E-state index in [1.807, 2.05) is 50.2 Å². The predicted molar refractivity (Wildman–Crippen MR) is 78.9 cm³/mol. The first kappa shape index (κ1) is 14.0. The van der Waals surface area contributed by atoms with Gasteiger partial charge in [0, 0.05) is 5.56 Å². The van der Waals surface area contributed by atoms with Gasteiger partial charge >= 0.3 is 0 Å². The van der Waals surface area contributed by atoms with Gasteiger partial charge < -0.3 is 9.47 Å². The van der Waals surface area contributed by atoms with Gasteiger partial charge in [-0.25, -0.2) is 0 Å². The highest BCUT2D eigenvalue weighted by atomic mass is 16.5. The third-order valence-corrected chi connectivity index (χ3v) is 2.87. The van der Waals surface area contributed by atoms with Gasteiger partial charge in [-0.15, -0.1) is 0 Å². The van der Waals surface area contributed by atoms with Crippen molar-refractivity contribution in [1.29, 1.82) is 5.26 Å². The molecule has 0 unspecified atom stereocenters. The molecule has 2 aromatic carbocycles. The fourth-order valence-electron chi connectivity index (χ4n) is 1.99. The Hall–Kier alpha value is -2.47. The molecule has 0 atom stereocenters. The zero-order valence-electron chi connectivity index (χ0n) is 11.9. The van der Waals surface area contributed by atoms with E-state index in [-0.39, 0.29) is 6.10 Å². The summed E-state index contributed by atoms with van der Waals surface area (Å²) in [4.78, 5) is 0. The van der Waals surface area contributed by atoms with Crippen LogP contribution in [0.15, 0.2) is 42.5 Å². The summed E-state index contributed by atoms with van der Waals surface area (Å²) < 4.78 is 11.0. The molecule has 3 heteroatoms. The summed E-state index contributed by atoms with van der Waals surface area (Å²) in [5.74, 6) is 1.58. The molecule has 0 fully saturated rings. The van der Waals surface area contributed by atoms with Crippen molar-refractivity contribution < 1.29 is 9.47 Å². The zero-order chi connectivity index (χ0) is 14.5. The van der Waals surface area contributed by atoms with Crippen LogP contribution in [0.3, 0.4) is 0 Å². The lowest BCUT2D eigenvalue weighted by molar-refractivity contribution is 0.242. The number of ether oxygens (including phenoxy) is 2. The lowest BCUT2D eigenvalue weighted by Crippen LogP contribution is -2.05. The molecule has 0 aliphatic carbocycles. The third-order valence-electron chi connectivity index (χ3n) is 2.87. The summed E-state index contributed by atoms with van der Waals surface area (Å²) in [5.41, 5.74) is 2.51. The van der Waals surface area contributed by atoms with Crippen molar-refractivity contribution in [1.82, 2.24) is 0 Å². The van der Waals surface area contributed by atoms with E-state index in [4.69, 9.17) is 14.7 Å². The molecule has 0 bridgehead atoms. The minimum absolute atomic E-state index is 0.150. The number of nitrogens with zero attached hydrogens (tertiary/aromatic N) is 1. The Morgan fingerprint density at radius 3 is 2.30 bits per heavy atom. The van der Waals surface area contributed by atoms with E-state index in [2.05, 4.69) is 6.07 Å². The van der Waals surface area contributed by atoms with Crippen LogP contribution in [0, 0.1) is 11.3 Å². The molecule has 3 nitrogen and oxygen atoms in total. The van der Waals surface area contributed by atoms with Crippen LogP contribution in [-0.4, -0.2) is 13.2 Å². The summed E-state index contributed by atoms with van der Waals surface area (Å²) in [6.45, 7) is 3.99. The highest BCUT2D eigenvalue weighted by molar-refractivity contribution is 5.72. The lowest BCUT2D eigenvalue weighted by atomic mass is 10.0. The van der Waals surface area contributed by atoms with Crippen LogP contribution < -0.4 is 9.47 Å². The molecule has 102 valence electrons. The SMILES string of the molecule is COc1ccc(C#N)cc1-c1ccc(OC(C)C)cc1. The average Bonchev–Trinajstić information content (AvgIpc) is 2.46. The van der Waals surface area contributed by atoms with E-state index in [9.17, 15) is 0 Å². The first-order valence-corrected chi connectivity index (χ1v) is 6.49. The summed E-state index contributed by atoms with van der Waals surface area (Å²) in [6, 6.07) is 15.3. The van der Waals surface area contributed by atoms with Gasteiger partial charge in [-0.1, -0.05) is 12.1 Å². The van der Waals surface area contributed by atoms with Crippen LogP contribution in [0.4, 0.5) is 0 Å². The maximum Gasteiger partial charge on any atom is 0.126 e. The van der Waals surface area contributed by atoms with Gasteiger partial charge in [0.2, 0.25) is 0 Å². The van der Waals surface area contributed by atoms with E-state index in [0.717, 1.165) is 22.6 Å². The van der Waals surface area contributed by atoms with E-state index in [1.54, 1.807) is 13.2 Å². The largest absolute Gasteiger partial charge is 0.496 e. The highest BCUT2D eigenvalue weighted by Gasteiger charge is 2.07. The van der Waals surface area contributed by atoms with Crippen molar-refractivity contribution in [3.8, 4) is 28.7 Å². The van der Waals surface area contributed by atoms with E-state index in [1.165, 1.54) is 0 Å². The third kappa shape index (κ3) is 3.10. The van der Waals surface area contributed by atoms with Crippen LogP contribution >= 0.6 is 0 Å². The van der Waals surface area contributed by atoms with E-state index >= 15 is 0 Å². The quantitative estimate of drug-likeness (QED) is 0.840. The van der Waals surface area contributed by atoms with Gasteiger partial charge in [-0.2, -0.15) is 5.26 Å². The van der Waals surface area contributed by atoms with E-state index in [0.29, 0.717) is 5.56 Å². The molecule has 2 aromatic rings. The molecule has 2 rings (SSSR count). The normalized spacial score (nSPS) is 10.2. The number of methoxy groups -OCH3 is 1. The molecule has 0 saturated carbocycles. The Bertz CT molecular complexity index is 624. The summed E-state index contributed by atoms with van der Waals surface area (Å²) in [5, 5.41) is 9.00. The number of nitriles is 1. The van der Waals surface area contributed by atoms with Crippen molar-refractivity contribution in [3.63, 3.8) is 0 Å². The lowest BCUT2D eigenvalue weighted by Gasteiger charge is -2.12. The minimum atomic E-state index is 0.150. The maximum absolute atomic E-state index is 9.00. The Labute approximate surface area is 119 Å². The van der Waals surface area contributed by atoms with Gasteiger partial charge in [0.15, 0.2) is 0 Å². The zero-order valence-corrected chi connectivity index (χ0v) is 11.9. The Balaban J connectivity index is 2.38. The second-order valence-corrected chi connectivity index (χ2v) is 4.72. The fraction of sp³-hybridized carbons (Fsp3) is 0.235. The molecule has 0 aliphatic rings. The summed E-state index contributed by atoms with van der Waals surface area (Å²) in [7, 11) is 1.63. The monoisotopic (exact) mass is 267 g/mol. The molecular formula is C17H17NO2. The number of rotatable bonds is 4. The Kier molecular flexibility index (Phi) is 4.27. The minimum Gasteiger partial charge on any atom is -0.496 e. The van der Waals surface area contributed by atoms with Crippen LogP contribution in [-0.2, 0) is 0 Å². The van der Waals surface area contributed by atoms with Gasteiger partial charge in [0.1, 0.15) is 11.5 Å². The maximum atomic E-state index is 9.00. The molecule has 0 radical (unpaired) electrons. The molecule has 0 N–H and O–H groups in total.